The molecule has 0 aliphatic rings. The van der Waals surface area contributed by atoms with E-state index in [2.05, 4.69) is 24.5 Å². The molecule has 3 N–H and O–H groups in total. The van der Waals surface area contributed by atoms with Crippen LogP contribution >= 0.6 is 0 Å². The molecule has 3 unspecified atom stereocenters. The molecule has 0 heterocycles. The molecule has 3 amide bonds. The smallest absolute Gasteiger partial charge is 0.408 e. The van der Waals surface area contributed by atoms with Crippen LogP contribution in [0.15, 0.2) is 18.2 Å². The average molecular weight is 520 g/mol. The third kappa shape index (κ3) is 10.7. The molecule has 0 saturated heterocycles. The highest BCUT2D eigenvalue weighted by Gasteiger charge is 2.39. The van der Waals surface area contributed by atoms with Crippen LogP contribution in [-0.4, -0.2) is 58.8 Å². The first-order chi connectivity index (χ1) is 17.2. The third-order valence-electron chi connectivity index (χ3n) is 6.14. The Morgan fingerprint density at radius 1 is 1.08 bits per heavy atom. The van der Waals surface area contributed by atoms with Crippen molar-refractivity contribution in [2.75, 3.05) is 13.2 Å². The monoisotopic (exact) mass is 519 g/mol. The molecule has 0 spiro atoms. The Morgan fingerprint density at radius 3 is 2.24 bits per heavy atom. The summed E-state index contributed by atoms with van der Waals surface area (Å²) in [6, 6.07) is 3.31. The maximum Gasteiger partial charge on any atom is 0.408 e. The number of carbonyl (C=O) groups is 3. The average Bonchev–Trinajstić information content (AvgIpc) is 2.78. The third-order valence-corrected chi connectivity index (χ3v) is 6.14. The van der Waals surface area contributed by atoms with Crippen molar-refractivity contribution in [1.29, 1.82) is 0 Å². The number of ether oxygens (including phenoxy) is 1. The van der Waals surface area contributed by atoms with E-state index < -0.39 is 36.3 Å². The summed E-state index contributed by atoms with van der Waals surface area (Å²) in [4.78, 5) is 41.7. The quantitative estimate of drug-likeness (QED) is 0.325. The number of hydrogen-bond donors (Lipinski definition) is 3. The number of nitrogens with zero attached hydrogens (tertiary/aromatic N) is 1. The van der Waals surface area contributed by atoms with E-state index in [1.807, 2.05) is 45.9 Å². The van der Waals surface area contributed by atoms with E-state index >= 15 is 0 Å². The predicted octanol–water partition coefficient (Wildman–Crippen LogP) is 4.80. The minimum Gasteiger partial charge on any atom is -0.444 e. The summed E-state index contributed by atoms with van der Waals surface area (Å²) < 4.78 is 5.32. The fraction of sp³-hybridized carbons (Fsp3) is 0.690. The Morgan fingerprint density at radius 2 is 1.73 bits per heavy atom. The predicted molar refractivity (Wildman–Crippen MR) is 147 cm³/mol. The fourth-order valence-electron chi connectivity index (χ4n) is 4.16. The zero-order valence-corrected chi connectivity index (χ0v) is 24.3. The van der Waals surface area contributed by atoms with Crippen molar-refractivity contribution in [3.05, 3.63) is 34.9 Å². The minimum atomic E-state index is -1.26. The van der Waals surface area contributed by atoms with Crippen molar-refractivity contribution in [2.24, 2.45) is 5.92 Å². The molecule has 8 heteroatoms. The number of rotatable bonds is 13. The number of amides is 3. The molecular weight excluding hydrogens is 470 g/mol. The normalized spacial score (nSPS) is 14.0. The summed E-state index contributed by atoms with van der Waals surface area (Å²) in [5, 5.41) is 15.6. The zero-order chi connectivity index (χ0) is 28.3. The van der Waals surface area contributed by atoms with Gasteiger partial charge in [-0.25, -0.2) is 4.79 Å². The van der Waals surface area contributed by atoms with E-state index in [1.165, 1.54) is 0 Å². The second kappa shape index (κ2) is 15.0. The molecule has 0 aliphatic heterocycles. The van der Waals surface area contributed by atoms with E-state index in [0.717, 1.165) is 36.0 Å². The summed E-state index contributed by atoms with van der Waals surface area (Å²) in [7, 11) is 0. The van der Waals surface area contributed by atoms with Crippen molar-refractivity contribution in [1.82, 2.24) is 15.5 Å². The highest BCUT2D eigenvalue weighted by molar-refractivity contribution is 5.92. The van der Waals surface area contributed by atoms with Gasteiger partial charge in [-0.15, -0.1) is 0 Å². The Kier molecular flexibility index (Phi) is 13.1. The van der Waals surface area contributed by atoms with E-state index in [0.29, 0.717) is 18.9 Å². The highest BCUT2D eigenvalue weighted by atomic mass is 16.6. The standard InChI is InChI=1S/C29H49N3O5/c1-10-11-16-30-26(34)25(23-15-13-20(4)17-21(23)5)32(22(6)14-12-19(2)3)27(35)24(18-33)31-28(36)37-29(7,8)9/h13,15,17,19,22,24-25,33H,10-12,14,16,18H2,1-9H3,(H,30,34)(H,31,36). The molecule has 0 radical (unpaired) electrons. The zero-order valence-electron chi connectivity index (χ0n) is 24.3. The van der Waals surface area contributed by atoms with Gasteiger partial charge in [0.25, 0.3) is 0 Å². The number of hydrogen-bond acceptors (Lipinski definition) is 5. The number of unbranched alkanes of at least 4 members (excludes halogenated alkanes) is 1. The molecule has 37 heavy (non-hydrogen) atoms. The summed E-state index contributed by atoms with van der Waals surface area (Å²) >= 11 is 0. The molecule has 3 atom stereocenters. The van der Waals surface area contributed by atoms with Gasteiger partial charge in [-0.05, 0) is 77.8 Å². The number of aryl methyl sites for hydroxylation is 2. The highest BCUT2D eigenvalue weighted by Crippen LogP contribution is 2.30. The maximum absolute atomic E-state index is 14.0. The van der Waals surface area contributed by atoms with Gasteiger partial charge in [0, 0.05) is 12.6 Å². The van der Waals surface area contributed by atoms with Crippen LogP contribution in [0.5, 0.6) is 0 Å². The van der Waals surface area contributed by atoms with Gasteiger partial charge in [0.2, 0.25) is 11.8 Å². The Hall–Kier alpha value is -2.61. The van der Waals surface area contributed by atoms with Crippen molar-refractivity contribution >= 4 is 17.9 Å². The van der Waals surface area contributed by atoms with Gasteiger partial charge in [-0.3, -0.25) is 9.59 Å². The van der Waals surface area contributed by atoms with Gasteiger partial charge in [-0.2, -0.15) is 0 Å². The van der Waals surface area contributed by atoms with E-state index in [-0.39, 0.29) is 11.9 Å². The maximum atomic E-state index is 14.0. The number of aliphatic hydroxyl groups is 1. The van der Waals surface area contributed by atoms with Gasteiger partial charge in [0.1, 0.15) is 17.7 Å². The van der Waals surface area contributed by atoms with Crippen LogP contribution in [-0.2, 0) is 14.3 Å². The van der Waals surface area contributed by atoms with Crippen LogP contribution in [0.3, 0.4) is 0 Å². The van der Waals surface area contributed by atoms with Crippen LogP contribution in [0.2, 0.25) is 0 Å². The summed E-state index contributed by atoms with van der Waals surface area (Å²) in [6.45, 7) is 17.1. The first-order valence-corrected chi connectivity index (χ1v) is 13.5. The topological polar surface area (TPSA) is 108 Å². The fourth-order valence-corrected chi connectivity index (χ4v) is 4.16. The van der Waals surface area contributed by atoms with Crippen LogP contribution < -0.4 is 10.6 Å². The van der Waals surface area contributed by atoms with Crippen LogP contribution in [0.1, 0.15) is 96.9 Å². The van der Waals surface area contributed by atoms with E-state index in [4.69, 9.17) is 4.74 Å². The summed E-state index contributed by atoms with van der Waals surface area (Å²) in [5.74, 6) is -0.398. The second-order valence-corrected chi connectivity index (χ2v) is 11.4. The lowest BCUT2D eigenvalue weighted by Crippen LogP contribution is -2.56. The lowest BCUT2D eigenvalue weighted by Gasteiger charge is -2.39. The molecule has 0 saturated carbocycles. The number of aliphatic hydroxyl groups excluding tert-OH is 1. The Balaban J connectivity index is 3.55. The number of nitrogens with one attached hydrogen (secondary N) is 2. The number of alkyl carbamates (subject to hydrolysis) is 1. The molecule has 210 valence electrons. The molecule has 0 aromatic heterocycles. The molecule has 1 rings (SSSR count). The van der Waals surface area contributed by atoms with Crippen LogP contribution in [0.25, 0.3) is 0 Å². The molecule has 1 aromatic rings. The summed E-state index contributed by atoms with van der Waals surface area (Å²) in [6.07, 6.45) is 2.46. The van der Waals surface area contributed by atoms with Crippen molar-refractivity contribution in [3.63, 3.8) is 0 Å². The second-order valence-electron chi connectivity index (χ2n) is 11.4. The van der Waals surface area contributed by atoms with Gasteiger partial charge in [0.15, 0.2) is 0 Å². The van der Waals surface area contributed by atoms with Gasteiger partial charge in [-0.1, -0.05) is 51.0 Å². The van der Waals surface area contributed by atoms with E-state index in [9.17, 15) is 19.5 Å². The molecule has 1 aromatic carbocycles. The number of carbonyl (C=O) groups excluding carboxylic acids is 3. The first-order valence-electron chi connectivity index (χ1n) is 13.5. The molecule has 0 bridgehead atoms. The van der Waals surface area contributed by atoms with Crippen molar-refractivity contribution in [2.45, 2.75) is 112 Å². The largest absolute Gasteiger partial charge is 0.444 e. The van der Waals surface area contributed by atoms with Gasteiger partial charge in [0.05, 0.1) is 6.61 Å². The molecule has 0 fully saturated rings. The molecule has 0 aliphatic carbocycles. The lowest BCUT2D eigenvalue weighted by atomic mass is 9.93. The Bertz CT molecular complexity index is 894. The number of benzene rings is 1. The Labute approximate surface area is 223 Å². The van der Waals surface area contributed by atoms with Crippen LogP contribution in [0, 0.1) is 19.8 Å². The minimum absolute atomic E-state index is 0.279. The van der Waals surface area contributed by atoms with Crippen molar-refractivity contribution < 1.29 is 24.2 Å². The SMILES string of the molecule is CCCCNC(=O)C(c1ccc(C)cc1C)N(C(=O)C(CO)NC(=O)OC(C)(C)C)C(C)CCC(C)C. The van der Waals surface area contributed by atoms with Crippen molar-refractivity contribution in [3.8, 4) is 0 Å². The van der Waals surface area contributed by atoms with Gasteiger partial charge < -0.3 is 25.4 Å². The molecule has 8 nitrogen and oxygen atoms in total. The van der Waals surface area contributed by atoms with E-state index in [1.54, 1.807) is 25.7 Å². The first kappa shape index (κ1) is 32.4. The molecular formula is C29H49N3O5. The van der Waals surface area contributed by atoms with Gasteiger partial charge >= 0.3 is 6.09 Å². The lowest BCUT2D eigenvalue weighted by molar-refractivity contribution is -0.146. The van der Waals surface area contributed by atoms with Crippen LogP contribution in [0.4, 0.5) is 4.79 Å². The summed E-state index contributed by atoms with van der Waals surface area (Å²) in [5.41, 5.74) is 1.90.